The number of anilines is 1. The number of rotatable bonds is 2. The fraction of sp³-hybridized carbons (Fsp3) is 0.200. The van der Waals surface area contributed by atoms with E-state index in [1.807, 2.05) is 73.3 Å². The highest BCUT2D eigenvalue weighted by molar-refractivity contribution is 6.23. The molecule has 0 radical (unpaired) electrons. The van der Waals surface area contributed by atoms with E-state index in [-0.39, 0.29) is 18.2 Å². The second-order valence-electron chi connectivity index (χ2n) is 6.38. The summed E-state index contributed by atoms with van der Waals surface area (Å²) in [4.78, 5) is 26.8. The lowest BCUT2D eigenvalue weighted by atomic mass is 9.97. The van der Waals surface area contributed by atoms with Gasteiger partial charge in [-0.3, -0.25) is 9.59 Å². The summed E-state index contributed by atoms with van der Waals surface area (Å²) < 4.78 is 2.01. The smallest absolute Gasteiger partial charge is 0.241 e. The Labute approximate surface area is 140 Å². The van der Waals surface area contributed by atoms with Crippen LogP contribution in [0.1, 0.15) is 23.5 Å². The number of hydrogen-bond donors (Lipinski definition) is 0. The van der Waals surface area contributed by atoms with Crippen LogP contribution >= 0.6 is 0 Å². The summed E-state index contributed by atoms with van der Waals surface area (Å²) in [6.45, 7) is 1.96. The van der Waals surface area contributed by atoms with Crippen LogP contribution in [0.3, 0.4) is 0 Å². The molecule has 0 N–H and O–H groups in total. The summed E-state index contributed by atoms with van der Waals surface area (Å²) in [5.74, 6) is -0.686. The first-order chi connectivity index (χ1) is 11.6. The molecule has 1 saturated heterocycles. The van der Waals surface area contributed by atoms with Gasteiger partial charge in [-0.25, -0.2) is 4.90 Å². The van der Waals surface area contributed by atoms with Crippen LogP contribution in [0.4, 0.5) is 5.69 Å². The third-order valence-electron chi connectivity index (χ3n) is 4.71. The van der Waals surface area contributed by atoms with Crippen LogP contribution in [0.5, 0.6) is 0 Å². The fourth-order valence-corrected chi connectivity index (χ4v) is 3.56. The molecule has 0 aliphatic carbocycles. The monoisotopic (exact) mass is 318 g/mol. The van der Waals surface area contributed by atoms with Crippen molar-refractivity contribution in [1.82, 2.24) is 4.57 Å². The summed E-state index contributed by atoms with van der Waals surface area (Å²) in [6.07, 6.45) is 2.20. The first-order valence-corrected chi connectivity index (χ1v) is 8.03. The van der Waals surface area contributed by atoms with E-state index in [2.05, 4.69) is 0 Å². The van der Waals surface area contributed by atoms with E-state index in [1.165, 1.54) is 4.90 Å². The molecule has 4 heteroatoms. The van der Waals surface area contributed by atoms with Crippen molar-refractivity contribution in [2.24, 2.45) is 7.05 Å². The molecule has 1 unspecified atom stereocenters. The molecule has 4 rings (SSSR count). The standard InChI is InChI=1S/C20H18N2O2/c1-13-6-5-7-14(10-13)22-19(23)11-16(20(22)24)17-12-21(2)18-9-4-3-8-15(17)18/h3-10,12,16H,11H2,1-2H3. The summed E-state index contributed by atoms with van der Waals surface area (Å²) >= 11 is 0. The number of benzene rings is 2. The number of carbonyl (C=O) groups is 2. The maximum Gasteiger partial charge on any atom is 0.241 e. The van der Waals surface area contributed by atoms with Gasteiger partial charge in [0, 0.05) is 30.6 Å². The second-order valence-corrected chi connectivity index (χ2v) is 6.38. The Morgan fingerprint density at radius 3 is 2.62 bits per heavy atom. The quantitative estimate of drug-likeness (QED) is 0.678. The van der Waals surface area contributed by atoms with Gasteiger partial charge in [0.1, 0.15) is 0 Å². The molecule has 2 aromatic carbocycles. The van der Waals surface area contributed by atoms with E-state index in [4.69, 9.17) is 0 Å². The number of aromatic nitrogens is 1. The van der Waals surface area contributed by atoms with Crippen molar-refractivity contribution in [1.29, 1.82) is 0 Å². The van der Waals surface area contributed by atoms with Gasteiger partial charge in [0.05, 0.1) is 11.6 Å². The first kappa shape index (κ1) is 14.7. The van der Waals surface area contributed by atoms with Crippen LogP contribution in [0.15, 0.2) is 54.7 Å². The highest BCUT2D eigenvalue weighted by atomic mass is 16.2. The van der Waals surface area contributed by atoms with Crippen molar-refractivity contribution in [2.45, 2.75) is 19.3 Å². The zero-order valence-electron chi connectivity index (χ0n) is 13.7. The number of imide groups is 1. The van der Waals surface area contributed by atoms with Gasteiger partial charge in [0.2, 0.25) is 11.8 Å². The molecule has 1 fully saturated rings. The molecule has 3 aromatic rings. The molecule has 2 heterocycles. The molecule has 0 saturated carbocycles. The minimum absolute atomic E-state index is 0.136. The van der Waals surface area contributed by atoms with Crippen molar-refractivity contribution in [2.75, 3.05) is 4.90 Å². The molecule has 0 spiro atoms. The molecule has 0 bridgehead atoms. The Balaban J connectivity index is 1.78. The number of para-hydroxylation sites is 1. The Morgan fingerprint density at radius 1 is 1.04 bits per heavy atom. The molecule has 2 amide bonds. The molecule has 24 heavy (non-hydrogen) atoms. The van der Waals surface area contributed by atoms with Gasteiger partial charge in [-0.05, 0) is 36.2 Å². The van der Waals surface area contributed by atoms with Crippen LogP contribution in [0, 0.1) is 6.92 Å². The number of hydrogen-bond acceptors (Lipinski definition) is 2. The molecule has 120 valence electrons. The highest BCUT2D eigenvalue weighted by Crippen LogP contribution is 2.37. The van der Waals surface area contributed by atoms with Crippen LogP contribution in [0.2, 0.25) is 0 Å². The van der Waals surface area contributed by atoms with E-state index in [0.29, 0.717) is 5.69 Å². The van der Waals surface area contributed by atoms with Gasteiger partial charge >= 0.3 is 0 Å². The molecule has 1 aromatic heterocycles. The van der Waals surface area contributed by atoms with E-state index in [1.54, 1.807) is 0 Å². The van der Waals surface area contributed by atoms with Crippen molar-refractivity contribution in [3.63, 3.8) is 0 Å². The Kier molecular flexibility index (Phi) is 3.27. The van der Waals surface area contributed by atoms with Gasteiger partial charge in [0.15, 0.2) is 0 Å². The average molecular weight is 318 g/mol. The number of nitrogens with zero attached hydrogens (tertiary/aromatic N) is 2. The minimum atomic E-state index is -0.413. The zero-order chi connectivity index (χ0) is 16.8. The molecule has 1 aliphatic heterocycles. The van der Waals surface area contributed by atoms with Gasteiger partial charge in [-0.1, -0.05) is 30.3 Å². The molecular weight excluding hydrogens is 300 g/mol. The predicted molar refractivity (Wildman–Crippen MR) is 93.9 cm³/mol. The van der Waals surface area contributed by atoms with Gasteiger partial charge in [-0.2, -0.15) is 0 Å². The predicted octanol–water partition coefficient (Wildman–Crippen LogP) is 3.53. The lowest BCUT2D eigenvalue weighted by Crippen LogP contribution is -2.30. The number of fused-ring (bicyclic) bond motifs is 1. The maximum atomic E-state index is 13.0. The van der Waals surface area contributed by atoms with E-state index < -0.39 is 5.92 Å². The summed E-state index contributed by atoms with van der Waals surface area (Å²) in [5.41, 5.74) is 3.69. The Morgan fingerprint density at radius 2 is 1.83 bits per heavy atom. The maximum absolute atomic E-state index is 13.0. The van der Waals surface area contributed by atoms with Crippen LogP contribution < -0.4 is 4.90 Å². The molecule has 1 aliphatic rings. The van der Waals surface area contributed by atoms with Crippen molar-refractivity contribution >= 4 is 28.4 Å². The third kappa shape index (κ3) is 2.14. The van der Waals surface area contributed by atoms with Crippen molar-refractivity contribution < 1.29 is 9.59 Å². The lowest BCUT2D eigenvalue weighted by Gasteiger charge is -2.15. The van der Waals surface area contributed by atoms with Crippen LogP contribution in [0.25, 0.3) is 10.9 Å². The van der Waals surface area contributed by atoms with Crippen molar-refractivity contribution in [3.8, 4) is 0 Å². The van der Waals surface area contributed by atoms with E-state index >= 15 is 0 Å². The molecular formula is C20H18N2O2. The average Bonchev–Trinajstić information content (AvgIpc) is 3.05. The summed E-state index contributed by atoms with van der Waals surface area (Å²) in [5, 5.41) is 1.04. The normalized spacial score (nSPS) is 17.9. The topological polar surface area (TPSA) is 42.3 Å². The van der Waals surface area contributed by atoms with Crippen LogP contribution in [-0.4, -0.2) is 16.4 Å². The SMILES string of the molecule is Cc1cccc(N2C(=O)CC(c3cn(C)c4ccccc34)C2=O)c1. The number of aryl methyl sites for hydroxylation is 2. The highest BCUT2D eigenvalue weighted by Gasteiger charge is 2.41. The van der Waals surface area contributed by atoms with Crippen molar-refractivity contribution in [3.05, 3.63) is 65.9 Å². The molecule has 4 nitrogen and oxygen atoms in total. The first-order valence-electron chi connectivity index (χ1n) is 8.03. The van der Waals surface area contributed by atoms with E-state index in [9.17, 15) is 9.59 Å². The zero-order valence-corrected chi connectivity index (χ0v) is 13.7. The molecule has 1 atom stereocenters. The fourth-order valence-electron chi connectivity index (χ4n) is 3.56. The summed E-state index contributed by atoms with van der Waals surface area (Å²) in [6, 6.07) is 15.5. The Bertz CT molecular complexity index is 971. The third-order valence-corrected chi connectivity index (χ3v) is 4.71. The van der Waals surface area contributed by atoms with Gasteiger partial charge < -0.3 is 4.57 Å². The lowest BCUT2D eigenvalue weighted by molar-refractivity contribution is -0.121. The number of carbonyl (C=O) groups excluding carboxylic acids is 2. The van der Waals surface area contributed by atoms with Gasteiger partial charge in [0.25, 0.3) is 0 Å². The van der Waals surface area contributed by atoms with E-state index in [0.717, 1.165) is 22.0 Å². The summed E-state index contributed by atoms with van der Waals surface area (Å²) in [7, 11) is 1.96. The Hall–Kier alpha value is -2.88. The minimum Gasteiger partial charge on any atom is -0.350 e. The largest absolute Gasteiger partial charge is 0.350 e. The van der Waals surface area contributed by atoms with Gasteiger partial charge in [-0.15, -0.1) is 0 Å². The van der Waals surface area contributed by atoms with Crippen LogP contribution in [-0.2, 0) is 16.6 Å². The second kappa shape index (κ2) is 5.34. The number of amides is 2.